The summed E-state index contributed by atoms with van der Waals surface area (Å²) in [6.45, 7) is 5.51. The van der Waals surface area contributed by atoms with Gasteiger partial charge in [0.2, 0.25) is 0 Å². The molecule has 3 rings (SSSR count). The minimum absolute atomic E-state index is 0.587. The van der Waals surface area contributed by atoms with Crippen molar-refractivity contribution in [3.8, 4) is 0 Å². The smallest absolute Gasteiger partial charge is 0.0841 e. The molecule has 0 amide bonds. The first-order valence-corrected chi connectivity index (χ1v) is 7.67. The number of aryl methyl sites for hydroxylation is 1. The molecule has 0 unspecified atom stereocenters. The summed E-state index contributed by atoms with van der Waals surface area (Å²) in [5, 5.41) is 19.7. The van der Waals surface area contributed by atoms with Crippen molar-refractivity contribution in [3.05, 3.63) is 30.0 Å². The fourth-order valence-electron chi connectivity index (χ4n) is 2.91. The number of ether oxygens (including phenoxy) is 1. The van der Waals surface area contributed by atoms with Gasteiger partial charge < -0.3 is 15.2 Å². The molecule has 0 aliphatic carbocycles. The maximum atomic E-state index is 10.4. The predicted octanol–water partition coefficient (Wildman–Crippen LogP) is 1.69. The van der Waals surface area contributed by atoms with Crippen LogP contribution in [0.5, 0.6) is 0 Å². The highest BCUT2D eigenvalue weighted by molar-refractivity contribution is 5.81. The zero-order valence-electron chi connectivity index (χ0n) is 12.5. The van der Waals surface area contributed by atoms with E-state index in [1.165, 1.54) is 10.9 Å². The van der Waals surface area contributed by atoms with E-state index < -0.39 is 5.60 Å². The number of fused-ring (bicyclic) bond motifs is 1. The van der Waals surface area contributed by atoms with E-state index in [0.717, 1.165) is 12.2 Å². The van der Waals surface area contributed by atoms with E-state index in [2.05, 4.69) is 29.5 Å². The van der Waals surface area contributed by atoms with Crippen LogP contribution in [0.3, 0.4) is 0 Å². The van der Waals surface area contributed by atoms with Crippen molar-refractivity contribution in [2.75, 3.05) is 19.8 Å². The summed E-state index contributed by atoms with van der Waals surface area (Å²) in [6.07, 6.45) is 1.40. The quantitative estimate of drug-likeness (QED) is 0.879. The first-order valence-electron chi connectivity index (χ1n) is 7.67. The lowest BCUT2D eigenvalue weighted by Crippen LogP contribution is -2.44. The molecule has 2 N–H and O–H groups in total. The molecule has 0 bridgehead atoms. The van der Waals surface area contributed by atoms with Crippen LogP contribution in [0.15, 0.2) is 24.3 Å². The Morgan fingerprint density at radius 3 is 2.86 bits per heavy atom. The van der Waals surface area contributed by atoms with Gasteiger partial charge in [0.05, 0.1) is 16.8 Å². The van der Waals surface area contributed by atoms with E-state index in [4.69, 9.17) is 4.74 Å². The molecule has 1 aliphatic heterocycles. The Hall–Kier alpha value is -1.43. The summed E-state index contributed by atoms with van der Waals surface area (Å²) in [5.74, 6) is 0. The van der Waals surface area contributed by atoms with Crippen molar-refractivity contribution in [3.63, 3.8) is 0 Å². The molecule has 1 fully saturated rings. The summed E-state index contributed by atoms with van der Waals surface area (Å²) in [4.78, 5) is 0. The lowest BCUT2D eigenvalue weighted by Gasteiger charge is -2.32. The van der Waals surface area contributed by atoms with Crippen LogP contribution in [0.2, 0.25) is 0 Å². The van der Waals surface area contributed by atoms with Crippen molar-refractivity contribution in [1.29, 1.82) is 0 Å². The highest BCUT2D eigenvalue weighted by Crippen LogP contribution is 2.21. The van der Waals surface area contributed by atoms with Gasteiger partial charge in [0.15, 0.2) is 0 Å². The number of aliphatic hydroxyl groups is 1. The Morgan fingerprint density at radius 1 is 1.33 bits per heavy atom. The van der Waals surface area contributed by atoms with Crippen molar-refractivity contribution in [2.45, 2.75) is 38.5 Å². The maximum Gasteiger partial charge on any atom is 0.0841 e. The van der Waals surface area contributed by atoms with Gasteiger partial charge in [-0.05, 0) is 13.0 Å². The van der Waals surface area contributed by atoms with Crippen LogP contribution in [0.4, 0.5) is 0 Å². The molecular weight excluding hydrogens is 266 g/mol. The van der Waals surface area contributed by atoms with E-state index in [-0.39, 0.29) is 0 Å². The summed E-state index contributed by atoms with van der Waals surface area (Å²) in [6, 6.07) is 8.29. The van der Waals surface area contributed by atoms with Crippen LogP contribution >= 0.6 is 0 Å². The summed E-state index contributed by atoms with van der Waals surface area (Å²) in [7, 11) is 0. The van der Waals surface area contributed by atoms with Crippen molar-refractivity contribution >= 4 is 10.9 Å². The zero-order chi connectivity index (χ0) is 14.7. The third-order valence-electron chi connectivity index (χ3n) is 4.20. The van der Waals surface area contributed by atoms with E-state index in [1.54, 1.807) is 0 Å². The lowest BCUT2D eigenvalue weighted by atomic mass is 9.94. The van der Waals surface area contributed by atoms with Gasteiger partial charge in [0.1, 0.15) is 0 Å². The first kappa shape index (κ1) is 14.5. The fourth-order valence-corrected chi connectivity index (χ4v) is 2.91. The van der Waals surface area contributed by atoms with Gasteiger partial charge in [-0.15, -0.1) is 0 Å². The molecule has 114 valence electrons. The van der Waals surface area contributed by atoms with Crippen LogP contribution in [0.25, 0.3) is 10.9 Å². The minimum atomic E-state index is -0.638. The van der Waals surface area contributed by atoms with Gasteiger partial charge in [-0.25, -0.2) is 0 Å². The van der Waals surface area contributed by atoms with Crippen molar-refractivity contribution in [1.82, 2.24) is 15.1 Å². The van der Waals surface area contributed by atoms with Crippen molar-refractivity contribution < 1.29 is 9.84 Å². The second kappa shape index (κ2) is 6.13. The van der Waals surface area contributed by atoms with Gasteiger partial charge in [-0.1, -0.05) is 18.2 Å². The Bertz CT molecular complexity index is 603. The minimum Gasteiger partial charge on any atom is -0.388 e. The highest BCUT2D eigenvalue weighted by atomic mass is 16.5. The lowest BCUT2D eigenvalue weighted by molar-refractivity contribution is -0.0617. The number of aromatic nitrogens is 2. The fraction of sp³-hybridized carbons (Fsp3) is 0.562. The van der Waals surface area contributed by atoms with Crippen LogP contribution in [-0.4, -0.2) is 40.2 Å². The van der Waals surface area contributed by atoms with Crippen molar-refractivity contribution in [2.24, 2.45) is 0 Å². The molecule has 1 saturated heterocycles. The molecule has 2 heterocycles. The topological polar surface area (TPSA) is 59.3 Å². The Morgan fingerprint density at radius 2 is 2.10 bits per heavy atom. The largest absolute Gasteiger partial charge is 0.388 e. The number of nitrogens with zero attached hydrogens (tertiary/aromatic N) is 2. The average Bonchev–Trinajstić information content (AvgIpc) is 2.86. The highest BCUT2D eigenvalue weighted by Gasteiger charge is 2.29. The molecule has 21 heavy (non-hydrogen) atoms. The Balaban J connectivity index is 1.68. The molecule has 5 heteroatoms. The third-order valence-corrected chi connectivity index (χ3v) is 4.20. The van der Waals surface area contributed by atoms with E-state index in [0.29, 0.717) is 39.1 Å². The molecule has 0 saturated carbocycles. The molecule has 1 aromatic carbocycles. The molecule has 0 spiro atoms. The van der Waals surface area contributed by atoms with Gasteiger partial charge in [-0.2, -0.15) is 5.10 Å². The van der Waals surface area contributed by atoms with E-state index >= 15 is 0 Å². The number of benzene rings is 1. The van der Waals surface area contributed by atoms with Crippen LogP contribution < -0.4 is 5.32 Å². The number of nitrogens with one attached hydrogen (secondary N) is 1. The maximum absolute atomic E-state index is 10.4. The molecule has 0 atom stereocenters. The number of hydrogen-bond donors (Lipinski definition) is 2. The Labute approximate surface area is 124 Å². The van der Waals surface area contributed by atoms with Gasteiger partial charge in [-0.3, -0.25) is 4.68 Å². The molecule has 2 aromatic rings. The molecule has 0 radical (unpaired) electrons. The molecular formula is C16H23N3O2. The number of para-hydroxylation sites is 1. The summed E-state index contributed by atoms with van der Waals surface area (Å²) < 4.78 is 7.32. The standard InChI is InChI=1S/C16H23N3O2/c1-2-19-15-6-4-3-5-13(15)14(18-19)11-17-12-16(20)7-9-21-10-8-16/h3-6,17,20H,2,7-12H2,1H3. The van der Waals surface area contributed by atoms with Gasteiger partial charge in [0.25, 0.3) is 0 Å². The predicted molar refractivity (Wildman–Crippen MR) is 82.1 cm³/mol. The number of hydrogen-bond acceptors (Lipinski definition) is 4. The van der Waals surface area contributed by atoms with Crippen LogP contribution in [-0.2, 0) is 17.8 Å². The van der Waals surface area contributed by atoms with Crippen LogP contribution in [0.1, 0.15) is 25.5 Å². The third kappa shape index (κ3) is 3.10. The van der Waals surface area contributed by atoms with E-state index in [1.807, 2.05) is 16.8 Å². The summed E-state index contributed by atoms with van der Waals surface area (Å²) in [5.41, 5.74) is 1.58. The van der Waals surface area contributed by atoms with Gasteiger partial charge in [0, 0.05) is 51.1 Å². The second-order valence-corrected chi connectivity index (χ2v) is 5.72. The first-order chi connectivity index (χ1) is 10.2. The van der Waals surface area contributed by atoms with Crippen LogP contribution in [0, 0.1) is 0 Å². The number of rotatable bonds is 5. The average molecular weight is 289 g/mol. The monoisotopic (exact) mass is 289 g/mol. The summed E-state index contributed by atoms with van der Waals surface area (Å²) >= 11 is 0. The zero-order valence-corrected chi connectivity index (χ0v) is 12.5. The normalized spacial score (nSPS) is 18.2. The SMILES string of the molecule is CCn1nc(CNCC2(O)CCOCC2)c2ccccc21. The van der Waals surface area contributed by atoms with Gasteiger partial charge >= 0.3 is 0 Å². The van der Waals surface area contributed by atoms with E-state index in [9.17, 15) is 5.11 Å². The molecule has 1 aromatic heterocycles. The Kier molecular flexibility index (Phi) is 4.24. The molecule has 1 aliphatic rings. The second-order valence-electron chi connectivity index (χ2n) is 5.72. The molecule has 5 nitrogen and oxygen atoms in total.